The Bertz CT molecular complexity index is 1140. The number of methoxy groups -OCH3 is 1. The first-order valence-corrected chi connectivity index (χ1v) is 10.5. The minimum atomic E-state index is -1.04. The number of halogens is 4. The van der Waals surface area contributed by atoms with Crippen LogP contribution in [0.1, 0.15) is 17.3 Å². The van der Waals surface area contributed by atoms with Crippen LogP contribution in [-0.4, -0.2) is 61.6 Å². The van der Waals surface area contributed by atoms with Gasteiger partial charge < -0.3 is 14.8 Å². The molecule has 0 bridgehead atoms. The van der Waals surface area contributed by atoms with Gasteiger partial charge in [0.05, 0.1) is 32.1 Å². The maximum Gasteiger partial charge on any atom is 0.338 e. The first-order chi connectivity index (χ1) is 15.9. The molecule has 0 aliphatic carbocycles. The summed E-state index contributed by atoms with van der Waals surface area (Å²) < 4.78 is 52.1. The van der Waals surface area contributed by atoms with Crippen molar-refractivity contribution in [2.45, 2.75) is 6.04 Å². The number of esters is 1. The average molecular weight is 481 g/mol. The number of aromatic nitrogens is 1. The molecule has 1 aromatic carbocycles. The predicted octanol–water partition coefficient (Wildman–Crippen LogP) is 3.00. The standard InChI is InChI=1S/C22H20ClF3N4O3/c1-32-22(31)18-17(11-30-4-6-33-7-5-30)28-21(20-16(26)9-13(25)10-27-20)29-19(18)14-3-2-12(24)8-15(14)23/h2-3,8-10,19H,4-7,11H2,1H3,(H,28,29). The molecule has 1 saturated heterocycles. The Morgan fingerprint density at radius 2 is 2.00 bits per heavy atom. The van der Waals surface area contributed by atoms with Crippen molar-refractivity contribution in [3.63, 3.8) is 0 Å². The fourth-order valence-electron chi connectivity index (χ4n) is 3.71. The molecule has 2 aliphatic heterocycles. The molecule has 2 aromatic rings. The molecule has 0 saturated carbocycles. The maximum atomic E-state index is 14.6. The minimum Gasteiger partial charge on any atom is -0.466 e. The van der Waals surface area contributed by atoms with Crippen molar-refractivity contribution in [1.82, 2.24) is 15.2 Å². The molecule has 2 aliphatic rings. The third-order valence-electron chi connectivity index (χ3n) is 5.31. The number of carbonyl (C=O) groups is 1. The van der Waals surface area contributed by atoms with Gasteiger partial charge in [-0.25, -0.2) is 22.9 Å². The summed E-state index contributed by atoms with van der Waals surface area (Å²) in [5.41, 5.74) is 0.621. The lowest BCUT2D eigenvalue weighted by Gasteiger charge is -2.32. The van der Waals surface area contributed by atoms with Gasteiger partial charge in [-0.05, 0) is 12.1 Å². The molecule has 0 amide bonds. The summed E-state index contributed by atoms with van der Waals surface area (Å²) in [6.07, 6.45) is 0.865. The Hall–Kier alpha value is -2.95. The van der Waals surface area contributed by atoms with Gasteiger partial charge in [0.1, 0.15) is 23.4 Å². The molecule has 0 spiro atoms. The van der Waals surface area contributed by atoms with Crippen LogP contribution in [0.4, 0.5) is 13.2 Å². The second-order valence-electron chi connectivity index (χ2n) is 7.43. The van der Waals surface area contributed by atoms with E-state index < -0.39 is 29.5 Å². The molecule has 1 aromatic heterocycles. The van der Waals surface area contributed by atoms with E-state index in [9.17, 15) is 18.0 Å². The van der Waals surface area contributed by atoms with E-state index >= 15 is 0 Å². The van der Waals surface area contributed by atoms with Crippen LogP contribution in [0.5, 0.6) is 0 Å². The van der Waals surface area contributed by atoms with E-state index in [1.54, 1.807) is 0 Å². The monoisotopic (exact) mass is 480 g/mol. The molecule has 3 heterocycles. The number of nitrogens with zero attached hydrogens (tertiary/aromatic N) is 3. The van der Waals surface area contributed by atoms with Crippen LogP contribution in [0.3, 0.4) is 0 Å². The van der Waals surface area contributed by atoms with Gasteiger partial charge in [-0.15, -0.1) is 0 Å². The summed E-state index contributed by atoms with van der Waals surface area (Å²) >= 11 is 6.29. The molecule has 33 heavy (non-hydrogen) atoms. The summed E-state index contributed by atoms with van der Waals surface area (Å²) in [7, 11) is 1.23. The molecule has 1 atom stereocenters. The highest BCUT2D eigenvalue weighted by Gasteiger charge is 2.35. The Balaban J connectivity index is 1.85. The number of pyridine rings is 1. The van der Waals surface area contributed by atoms with Crippen molar-refractivity contribution < 1.29 is 27.4 Å². The number of benzene rings is 1. The molecule has 174 valence electrons. The smallest absolute Gasteiger partial charge is 0.338 e. The third-order valence-corrected chi connectivity index (χ3v) is 5.63. The number of nitrogens with one attached hydrogen (secondary N) is 1. The number of hydrogen-bond donors (Lipinski definition) is 1. The highest BCUT2D eigenvalue weighted by atomic mass is 35.5. The number of morpholine rings is 1. The first kappa shape index (κ1) is 23.2. The number of carbonyl (C=O) groups excluding carboxylic acids is 1. The molecule has 4 rings (SSSR count). The molecule has 11 heteroatoms. The van der Waals surface area contributed by atoms with Crippen LogP contribution < -0.4 is 5.32 Å². The van der Waals surface area contributed by atoms with Crippen molar-refractivity contribution in [3.8, 4) is 0 Å². The van der Waals surface area contributed by atoms with E-state index in [0.29, 0.717) is 43.6 Å². The van der Waals surface area contributed by atoms with Crippen LogP contribution in [0, 0.1) is 17.5 Å². The molecule has 1 N–H and O–H groups in total. The predicted molar refractivity (Wildman–Crippen MR) is 114 cm³/mol. The Labute approximate surface area is 192 Å². The van der Waals surface area contributed by atoms with Crippen LogP contribution in [0.25, 0.3) is 0 Å². The Morgan fingerprint density at radius 3 is 2.67 bits per heavy atom. The second-order valence-corrected chi connectivity index (χ2v) is 7.83. The molecule has 1 fully saturated rings. The molecular formula is C22H20ClF3N4O3. The number of amidine groups is 1. The quantitative estimate of drug-likeness (QED) is 0.663. The van der Waals surface area contributed by atoms with E-state index in [4.69, 9.17) is 21.1 Å². The number of ether oxygens (including phenoxy) is 2. The Morgan fingerprint density at radius 1 is 1.24 bits per heavy atom. The fourth-order valence-corrected chi connectivity index (χ4v) is 3.98. The zero-order valence-electron chi connectivity index (χ0n) is 17.6. The van der Waals surface area contributed by atoms with Gasteiger partial charge in [0.2, 0.25) is 0 Å². The van der Waals surface area contributed by atoms with Gasteiger partial charge in [0.15, 0.2) is 11.7 Å². The summed E-state index contributed by atoms with van der Waals surface area (Å²) in [4.78, 5) is 23.2. The number of hydrogen-bond acceptors (Lipinski definition) is 7. The molecular weight excluding hydrogens is 461 g/mol. The van der Waals surface area contributed by atoms with Gasteiger partial charge in [-0.2, -0.15) is 0 Å². The zero-order valence-corrected chi connectivity index (χ0v) is 18.3. The van der Waals surface area contributed by atoms with Crippen molar-refractivity contribution in [2.75, 3.05) is 40.0 Å². The normalized spacial score (nSPS) is 19.2. The van der Waals surface area contributed by atoms with Crippen LogP contribution in [0.15, 0.2) is 46.7 Å². The topological polar surface area (TPSA) is 76.0 Å². The summed E-state index contributed by atoms with van der Waals surface area (Å²) in [5, 5.41) is 3.01. The highest BCUT2D eigenvalue weighted by Crippen LogP contribution is 2.36. The number of aliphatic imine (C=N–C) groups is 1. The largest absolute Gasteiger partial charge is 0.466 e. The van der Waals surface area contributed by atoms with E-state index in [1.165, 1.54) is 19.2 Å². The van der Waals surface area contributed by atoms with Crippen molar-refractivity contribution in [2.24, 2.45) is 4.99 Å². The lowest BCUT2D eigenvalue weighted by Crippen LogP contribution is -2.43. The lowest BCUT2D eigenvalue weighted by molar-refractivity contribution is -0.136. The summed E-state index contributed by atoms with van der Waals surface area (Å²) in [5.74, 6) is -3.03. The summed E-state index contributed by atoms with van der Waals surface area (Å²) in [6.45, 7) is 2.52. The zero-order chi connectivity index (χ0) is 23.5. The molecule has 0 radical (unpaired) electrons. The van der Waals surface area contributed by atoms with Gasteiger partial charge in [0, 0.05) is 42.0 Å². The molecule has 7 nitrogen and oxygen atoms in total. The summed E-state index contributed by atoms with van der Waals surface area (Å²) in [6, 6.07) is 3.34. The van der Waals surface area contributed by atoms with Gasteiger partial charge in [-0.1, -0.05) is 17.7 Å². The van der Waals surface area contributed by atoms with Crippen molar-refractivity contribution in [3.05, 3.63) is 75.5 Å². The fraction of sp³-hybridized carbons (Fsp3) is 0.318. The SMILES string of the molecule is COC(=O)C1=C(CN2CCOCC2)NC(c2ncc(F)cc2F)=NC1c1ccc(F)cc1Cl. The number of rotatable bonds is 5. The maximum absolute atomic E-state index is 14.6. The first-order valence-electron chi connectivity index (χ1n) is 10.1. The lowest BCUT2D eigenvalue weighted by atomic mass is 9.94. The van der Waals surface area contributed by atoms with Crippen LogP contribution in [-0.2, 0) is 14.3 Å². The van der Waals surface area contributed by atoms with Gasteiger partial charge in [-0.3, -0.25) is 9.89 Å². The highest BCUT2D eigenvalue weighted by molar-refractivity contribution is 6.31. The van der Waals surface area contributed by atoms with Crippen molar-refractivity contribution >= 4 is 23.4 Å². The minimum absolute atomic E-state index is 0.0196. The molecule has 1 unspecified atom stereocenters. The van der Waals surface area contributed by atoms with Gasteiger partial charge in [0.25, 0.3) is 0 Å². The van der Waals surface area contributed by atoms with Crippen LogP contribution in [0.2, 0.25) is 5.02 Å². The van der Waals surface area contributed by atoms with Crippen molar-refractivity contribution in [1.29, 1.82) is 0 Å². The average Bonchev–Trinajstić information content (AvgIpc) is 2.79. The van der Waals surface area contributed by atoms with E-state index in [1.807, 2.05) is 4.90 Å². The van der Waals surface area contributed by atoms with E-state index in [0.717, 1.165) is 12.3 Å². The Kier molecular flexibility index (Phi) is 6.96. The van der Waals surface area contributed by atoms with Crippen LogP contribution >= 0.6 is 11.6 Å². The van der Waals surface area contributed by atoms with E-state index in [2.05, 4.69) is 15.3 Å². The van der Waals surface area contributed by atoms with E-state index in [-0.39, 0.29) is 28.7 Å². The van der Waals surface area contributed by atoms with Gasteiger partial charge >= 0.3 is 5.97 Å². The second kappa shape index (κ2) is 9.90. The third kappa shape index (κ3) is 5.02.